The largest absolute Gasteiger partial charge is 0.457 e. The van der Waals surface area contributed by atoms with Gasteiger partial charge in [-0.05, 0) is 110 Å². The highest BCUT2D eigenvalue weighted by atomic mass is 32.2. The first-order chi connectivity index (χ1) is 29.1. The van der Waals surface area contributed by atoms with Gasteiger partial charge in [0.25, 0.3) is 0 Å². The van der Waals surface area contributed by atoms with E-state index in [1.807, 2.05) is 71.8 Å². The second-order valence-electron chi connectivity index (χ2n) is 16.5. The van der Waals surface area contributed by atoms with Gasteiger partial charge in [0.15, 0.2) is 0 Å². The van der Waals surface area contributed by atoms with Gasteiger partial charge in [-0.15, -0.1) is 0 Å². The van der Waals surface area contributed by atoms with Crippen molar-refractivity contribution in [2.75, 3.05) is 30.4 Å². The number of anilines is 2. The molecule has 9 rings (SSSR count). The highest BCUT2D eigenvalue weighted by Gasteiger charge is 2.62. The first kappa shape index (κ1) is 39.9. The fourth-order valence-corrected chi connectivity index (χ4v) is 10.1. The number of piperidine rings is 1. The third-order valence-electron chi connectivity index (χ3n) is 12.7. The third kappa shape index (κ3) is 7.58. The maximum absolute atomic E-state index is 13.6. The predicted molar refractivity (Wildman–Crippen MR) is 230 cm³/mol. The normalized spacial score (nSPS) is 20.6. The van der Waals surface area contributed by atoms with Crippen LogP contribution >= 0.6 is 11.9 Å². The molecule has 312 valence electrons. The highest BCUT2D eigenvalue weighted by Crippen LogP contribution is 2.57. The van der Waals surface area contributed by atoms with E-state index >= 15 is 0 Å². The van der Waals surface area contributed by atoms with Gasteiger partial charge in [0.2, 0.25) is 17.8 Å². The van der Waals surface area contributed by atoms with Crippen molar-refractivity contribution in [3.63, 3.8) is 0 Å². The quantitative estimate of drug-likeness (QED) is 0.0926. The van der Waals surface area contributed by atoms with Gasteiger partial charge in [-0.3, -0.25) is 23.6 Å². The molecule has 4 aliphatic rings. The number of aryl methyl sites for hydroxylation is 1. The summed E-state index contributed by atoms with van der Waals surface area (Å²) in [5, 5.41) is 17.0. The van der Waals surface area contributed by atoms with E-state index in [1.165, 1.54) is 9.13 Å². The van der Waals surface area contributed by atoms with Gasteiger partial charge >= 0.3 is 5.69 Å². The first-order valence-corrected chi connectivity index (χ1v) is 21.8. The maximum Gasteiger partial charge on any atom is 0.329 e. The van der Waals surface area contributed by atoms with Crippen molar-refractivity contribution in [2.24, 2.45) is 7.05 Å². The van der Waals surface area contributed by atoms with Gasteiger partial charge in [0.1, 0.15) is 23.6 Å². The zero-order chi connectivity index (χ0) is 41.5. The predicted octanol–water partition coefficient (Wildman–Crippen LogP) is 6.12. The van der Waals surface area contributed by atoms with Crippen molar-refractivity contribution in [3.8, 4) is 22.6 Å². The van der Waals surface area contributed by atoms with Gasteiger partial charge in [-0.1, -0.05) is 37.1 Å². The summed E-state index contributed by atoms with van der Waals surface area (Å²) in [6.45, 7) is 1.75. The lowest BCUT2D eigenvalue weighted by Crippen LogP contribution is -2.49. The standard InChI is InChI=1S/C45H50N8O6S/c1-46-40(56)17-13-31(27-54)52-36-16-12-29(24-38(36)50(2)44(52)58)28-10-14-32(15-11-28)59-33-6-5-7-34(25-33)60-51-22-18-30(19-23-51)48-43-47-26-35-41(49-43)53(42(57)45(35)20-21-45)37-8-3-4-9-39(37)55/h5-7,10-12,14-16,24-27,30-31,37,39,55H,3-4,8-9,13,17-23H2,1-2H3,(H,46,56)(H,47,48,49)/t31?,37?,39-/m0/s1. The summed E-state index contributed by atoms with van der Waals surface area (Å²) in [4.78, 5) is 63.2. The Balaban J connectivity index is 0.803. The van der Waals surface area contributed by atoms with Crippen LogP contribution in [0.3, 0.4) is 0 Å². The number of fused-ring (bicyclic) bond motifs is 3. The number of aldehydes is 1. The average molecular weight is 831 g/mol. The van der Waals surface area contributed by atoms with E-state index in [4.69, 9.17) is 9.72 Å². The van der Waals surface area contributed by atoms with Crippen LogP contribution in [-0.4, -0.2) is 84.9 Å². The number of aliphatic hydroxyl groups excluding tert-OH is 1. The summed E-state index contributed by atoms with van der Waals surface area (Å²) in [5.41, 5.74) is 3.32. The smallest absolute Gasteiger partial charge is 0.329 e. The number of aliphatic hydroxyl groups is 1. The Morgan fingerprint density at radius 1 is 0.983 bits per heavy atom. The molecule has 1 saturated heterocycles. The summed E-state index contributed by atoms with van der Waals surface area (Å²) in [7, 11) is 3.23. The molecular formula is C45H50N8O6S. The van der Waals surface area contributed by atoms with E-state index in [1.54, 1.807) is 26.0 Å². The molecule has 4 heterocycles. The Bertz CT molecular complexity index is 2490. The molecule has 5 aromatic rings. The Morgan fingerprint density at radius 3 is 2.48 bits per heavy atom. The molecule has 1 spiro atoms. The molecule has 2 amide bonds. The minimum atomic E-state index is -0.746. The van der Waals surface area contributed by atoms with Gasteiger partial charge in [0, 0.05) is 56.3 Å². The minimum absolute atomic E-state index is 0.0882. The van der Waals surface area contributed by atoms with E-state index in [9.17, 15) is 24.3 Å². The topological polar surface area (TPSA) is 164 Å². The summed E-state index contributed by atoms with van der Waals surface area (Å²) in [5.74, 6) is 2.57. The van der Waals surface area contributed by atoms with Crippen molar-refractivity contribution in [1.29, 1.82) is 0 Å². The van der Waals surface area contributed by atoms with Gasteiger partial charge < -0.3 is 25.3 Å². The SMILES string of the molecule is CNC(=O)CCC(C=O)n1c(=O)n(C)c2cc(-c3ccc(Oc4cccc(SN5CCC(Nc6ncc7c(n6)N(C6CCCC[C@@H]6O)C(=O)C76CC6)CC5)c4)cc3)ccc21. The maximum atomic E-state index is 13.6. The summed E-state index contributed by atoms with van der Waals surface area (Å²) in [6, 6.07) is 20.8. The summed E-state index contributed by atoms with van der Waals surface area (Å²) < 4.78 is 11.6. The second-order valence-corrected chi connectivity index (χ2v) is 17.6. The van der Waals surface area contributed by atoms with Crippen LogP contribution in [0.2, 0.25) is 0 Å². The third-order valence-corrected chi connectivity index (χ3v) is 13.8. The molecule has 2 saturated carbocycles. The Labute approximate surface area is 352 Å². The molecule has 2 unspecified atom stereocenters. The van der Waals surface area contributed by atoms with Crippen molar-refractivity contribution in [3.05, 3.63) is 89.0 Å². The Kier molecular flexibility index (Phi) is 11.0. The van der Waals surface area contributed by atoms with E-state index in [0.717, 1.165) is 91.7 Å². The number of amides is 2. The molecular weight excluding hydrogens is 781 g/mol. The lowest BCUT2D eigenvalue weighted by Gasteiger charge is -2.35. The number of carbonyl (C=O) groups excluding carboxylic acids is 3. The van der Waals surface area contributed by atoms with Crippen molar-refractivity contribution in [2.45, 2.75) is 98.7 Å². The molecule has 3 atom stereocenters. The van der Waals surface area contributed by atoms with Crippen LogP contribution in [0, 0.1) is 0 Å². The van der Waals surface area contributed by atoms with Crippen molar-refractivity contribution in [1.82, 2.24) is 28.7 Å². The summed E-state index contributed by atoms with van der Waals surface area (Å²) in [6.07, 6.45) is 9.40. The van der Waals surface area contributed by atoms with E-state index in [2.05, 4.69) is 26.0 Å². The molecule has 0 radical (unpaired) electrons. The van der Waals surface area contributed by atoms with Crippen LogP contribution < -0.4 is 26.0 Å². The number of imidazole rings is 1. The highest BCUT2D eigenvalue weighted by molar-refractivity contribution is 7.97. The van der Waals surface area contributed by atoms with E-state index in [0.29, 0.717) is 35.0 Å². The van der Waals surface area contributed by atoms with Gasteiger partial charge in [0.05, 0.1) is 34.6 Å². The molecule has 2 aliphatic carbocycles. The molecule has 3 fully saturated rings. The molecule has 14 nitrogen and oxygen atoms in total. The molecule has 0 bridgehead atoms. The van der Waals surface area contributed by atoms with Crippen LogP contribution in [0.25, 0.3) is 22.2 Å². The molecule has 15 heteroatoms. The minimum Gasteiger partial charge on any atom is -0.457 e. The van der Waals surface area contributed by atoms with E-state index in [-0.39, 0.29) is 42.4 Å². The van der Waals surface area contributed by atoms with Crippen LogP contribution in [0.15, 0.2) is 82.6 Å². The molecule has 2 aliphatic heterocycles. The number of hydrogen-bond acceptors (Lipinski definition) is 11. The number of nitrogens with zero attached hydrogens (tertiary/aromatic N) is 6. The molecule has 3 aromatic carbocycles. The number of nitrogens with one attached hydrogen (secondary N) is 2. The first-order valence-electron chi connectivity index (χ1n) is 21.0. The zero-order valence-electron chi connectivity index (χ0n) is 33.9. The van der Waals surface area contributed by atoms with Crippen molar-refractivity contribution >= 4 is 52.8 Å². The fraction of sp³-hybridized carbons (Fsp3) is 0.422. The van der Waals surface area contributed by atoms with Crippen LogP contribution in [0.5, 0.6) is 11.5 Å². The lowest BCUT2D eigenvalue weighted by atomic mass is 9.91. The van der Waals surface area contributed by atoms with Gasteiger partial charge in [-0.25, -0.2) is 14.1 Å². The average Bonchev–Trinajstić information content (AvgIpc) is 3.99. The second kappa shape index (κ2) is 16.5. The van der Waals surface area contributed by atoms with Crippen molar-refractivity contribution < 1.29 is 24.2 Å². The number of rotatable bonds is 13. The molecule has 3 N–H and O–H groups in total. The van der Waals surface area contributed by atoms with Crippen LogP contribution in [0.4, 0.5) is 11.8 Å². The number of carbonyl (C=O) groups is 3. The number of hydrogen-bond donors (Lipinski definition) is 3. The van der Waals surface area contributed by atoms with Gasteiger partial charge in [-0.2, -0.15) is 4.98 Å². The van der Waals surface area contributed by atoms with E-state index < -0.39 is 17.6 Å². The van der Waals surface area contributed by atoms with Crippen LogP contribution in [0.1, 0.15) is 75.8 Å². The number of aromatic nitrogens is 4. The van der Waals surface area contributed by atoms with Crippen LogP contribution in [-0.2, 0) is 26.8 Å². The molecule has 2 aromatic heterocycles. The Hall–Kier alpha value is -5.51. The Morgan fingerprint density at radius 2 is 1.75 bits per heavy atom. The zero-order valence-corrected chi connectivity index (χ0v) is 34.7. The monoisotopic (exact) mass is 830 g/mol. The number of benzene rings is 3. The molecule has 60 heavy (non-hydrogen) atoms. The summed E-state index contributed by atoms with van der Waals surface area (Å²) >= 11 is 1.71. The fourth-order valence-electron chi connectivity index (χ4n) is 9.11. The number of ether oxygens (including phenoxy) is 1. The lowest BCUT2D eigenvalue weighted by molar-refractivity contribution is -0.122.